The minimum Gasteiger partial charge on any atom is -0.393 e. The summed E-state index contributed by atoms with van der Waals surface area (Å²) in [7, 11) is 0. The molecule has 0 aromatic carbocycles. The van der Waals surface area contributed by atoms with Gasteiger partial charge in [0.25, 0.3) is 0 Å². The lowest BCUT2D eigenvalue weighted by molar-refractivity contribution is -0.203. The van der Waals surface area contributed by atoms with Crippen molar-refractivity contribution in [3.8, 4) is 0 Å². The average Bonchev–Trinajstić information content (AvgIpc) is 2.12. The van der Waals surface area contributed by atoms with Crippen LogP contribution in [0.25, 0.3) is 0 Å². The molecule has 0 bridgehead atoms. The van der Waals surface area contributed by atoms with Crippen LogP contribution in [0.3, 0.4) is 0 Å². The maximum atomic E-state index is 9.56. The molecule has 1 aliphatic rings. The largest absolute Gasteiger partial charge is 0.393 e. The van der Waals surface area contributed by atoms with Crippen LogP contribution >= 0.6 is 0 Å². The molecule has 6 nitrogen and oxygen atoms in total. The van der Waals surface area contributed by atoms with Crippen LogP contribution < -0.4 is 5.73 Å². The normalized spacial score (nSPS) is 52.2. The fourth-order valence-corrected chi connectivity index (χ4v) is 1.57. The number of aliphatic hydroxyl groups is 5. The number of rotatable bonds is 1. The van der Waals surface area contributed by atoms with E-state index < -0.39 is 36.6 Å². The second-order valence-corrected chi connectivity index (χ2v) is 3.56. The van der Waals surface area contributed by atoms with Gasteiger partial charge in [0.05, 0.1) is 12.7 Å². The van der Waals surface area contributed by atoms with Gasteiger partial charge >= 0.3 is 0 Å². The maximum absolute atomic E-state index is 9.56. The second kappa shape index (κ2) is 3.49. The first-order chi connectivity index (χ1) is 5.92. The molecule has 1 rings (SSSR count). The minimum atomic E-state index is -1.82. The van der Waals surface area contributed by atoms with E-state index in [2.05, 4.69) is 0 Å². The lowest BCUT2D eigenvalue weighted by Gasteiger charge is -2.43. The highest BCUT2D eigenvalue weighted by atomic mass is 16.4. The summed E-state index contributed by atoms with van der Waals surface area (Å²) in [5.74, 6) is 0. The second-order valence-electron chi connectivity index (χ2n) is 3.56. The Bertz CT molecular complexity index is 190. The molecule has 0 aromatic rings. The van der Waals surface area contributed by atoms with E-state index in [1.807, 2.05) is 0 Å². The summed E-state index contributed by atoms with van der Waals surface area (Å²) >= 11 is 0. The Kier molecular flexibility index (Phi) is 2.91. The molecule has 1 aliphatic carbocycles. The predicted octanol–water partition coefficient (Wildman–Crippen LogP) is -3.48. The topological polar surface area (TPSA) is 127 Å². The quantitative estimate of drug-likeness (QED) is 0.257. The summed E-state index contributed by atoms with van der Waals surface area (Å²) in [5.41, 5.74) is 3.57. The van der Waals surface area contributed by atoms with Crippen molar-refractivity contribution in [3.63, 3.8) is 0 Å². The van der Waals surface area contributed by atoms with Gasteiger partial charge in [-0.3, -0.25) is 0 Å². The molecule has 6 heteroatoms. The van der Waals surface area contributed by atoms with E-state index in [0.29, 0.717) is 0 Å². The Hall–Kier alpha value is -0.240. The molecule has 1 fully saturated rings. The Labute approximate surface area is 75.2 Å². The molecule has 7 N–H and O–H groups in total. The van der Waals surface area contributed by atoms with E-state index in [-0.39, 0.29) is 6.42 Å². The van der Waals surface area contributed by atoms with Crippen molar-refractivity contribution in [1.82, 2.24) is 0 Å². The zero-order valence-electron chi connectivity index (χ0n) is 7.04. The summed E-state index contributed by atoms with van der Waals surface area (Å²) in [6, 6.07) is -0.851. The third-order valence-electron chi connectivity index (χ3n) is 2.53. The molecule has 5 atom stereocenters. The molecule has 0 aliphatic heterocycles. The predicted molar refractivity (Wildman–Crippen MR) is 42.6 cm³/mol. The van der Waals surface area contributed by atoms with Crippen molar-refractivity contribution in [2.45, 2.75) is 36.4 Å². The highest BCUT2D eigenvalue weighted by molar-refractivity contribution is 5.03. The van der Waals surface area contributed by atoms with E-state index in [4.69, 9.17) is 10.8 Å². The van der Waals surface area contributed by atoms with E-state index in [1.165, 1.54) is 0 Å². The highest BCUT2D eigenvalue weighted by Gasteiger charge is 2.49. The molecule has 13 heavy (non-hydrogen) atoms. The van der Waals surface area contributed by atoms with Gasteiger partial charge < -0.3 is 31.3 Å². The van der Waals surface area contributed by atoms with Crippen LogP contribution in [0.5, 0.6) is 0 Å². The van der Waals surface area contributed by atoms with Crippen LogP contribution in [0.1, 0.15) is 6.42 Å². The Morgan fingerprint density at radius 1 is 1.23 bits per heavy atom. The van der Waals surface area contributed by atoms with E-state index in [0.717, 1.165) is 0 Å². The Morgan fingerprint density at radius 2 is 1.77 bits per heavy atom. The first-order valence-corrected chi connectivity index (χ1v) is 4.05. The van der Waals surface area contributed by atoms with Crippen molar-refractivity contribution in [1.29, 1.82) is 0 Å². The smallest absolute Gasteiger partial charge is 0.118 e. The van der Waals surface area contributed by atoms with Gasteiger partial charge in [0.1, 0.15) is 17.8 Å². The first kappa shape index (κ1) is 10.8. The molecule has 0 radical (unpaired) electrons. The van der Waals surface area contributed by atoms with Crippen LogP contribution in [0.2, 0.25) is 0 Å². The molecule has 3 unspecified atom stereocenters. The first-order valence-electron chi connectivity index (χ1n) is 4.05. The molecule has 78 valence electrons. The maximum Gasteiger partial charge on any atom is 0.118 e. The van der Waals surface area contributed by atoms with Gasteiger partial charge in [0.15, 0.2) is 0 Å². The lowest BCUT2D eigenvalue weighted by atomic mass is 9.77. The van der Waals surface area contributed by atoms with E-state index in [9.17, 15) is 20.4 Å². The average molecular weight is 193 g/mol. The van der Waals surface area contributed by atoms with Crippen LogP contribution in [0.15, 0.2) is 0 Å². The lowest BCUT2D eigenvalue weighted by Crippen LogP contribution is -2.66. The van der Waals surface area contributed by atoms with Gasteiger partial charge in [-0.25, -0.2) is 0 Å². The van der Waals surface area contributed by atoms with Crippen molar-refractivity contribution < 1.29 is 25.5 Å². The Balaban J connectivity index is 2.82. The van der Waals surface area contributed by atoms with Crippen molar-refractivity contribution in [2.75, 3.05) is 6.61 Å². The summed E-state index contributed by atoms with van der Waals surface area (Å²) in [6.07, 6.45) is -4.53. The summed E-state index contributed by atoms with van der Waals surface area (Å²) < 4.78 is 0. The van der Waals surface area contributed by atoms with Crippen LogP contribution in [-0.2, 0) is 0 Å². The molecular weight excluding hydrogens is 178 g/mol. The zero-order valence-corrected chi connectivity index (χ0v) is 7.04. The van der Waals surface area contributed by atoms with Gasteiger partial charge in [0, 0.05) is 6.04 Å². The SMILES string of the molecule is N[C@@H]1CC(O)(CO)[C@@H](O)C(O)C1O. The number of hydrogen-bond donors (Lipinski definition) is 6. The summed E-state index contributed by atoms with van der Waals surface area (Å²) in [4.78, 5) is 0. The number of nitrogens with two attached hydrogens (primary N) is 1. The Morgan fingerprint density at radius 3 is 2.23 bits per heavy atom. The summed E-state index contributed by atoms with van der Waals surface area (Å²) in [5, 5.41) is 46.1. The van der Waals surface area contributed by atoms with Crippen LogP contribution in [0.4, 0.5) is 0 Å². The number of aliphatic hydroxyl groups excluding tert-OH is 4. The van der Waals surface area contributed by atoms with Crippen molar-refractivity contribution in [2.24, 2.45) is 5.73 Å². The standard InChI is InChI=1S/C7H15NO5/c8-3-1-7(13,2-9)6(12)5(11)4(3)10/h3-6,9-13H,1-2,8H2/t3-,4?,5?,6+,7?/m1/s1. The zero-order chi connectivity index (χ0) is 10.2. The fraction of sp³-hybridized carbons (Fsp3) is 1.00. The molecule has 0 spiro atoms. The third-order valence-corrected chi connectivity index (χ3v) is 2.53. The molecule has 1 saturated carbocycles. The summed E-state index contributed by atoms with van der Waals surface area (Å²) in [6.45, 7) is -0.703. The molecule has 0 aromatic heterocycles. The molecule has 0 saturated heterocycles. The number of hydrogen-bond acceptors (Lipinski definition) is 6. The van der Waals surface area contributed by atoms with Gasteiger partial charge in [-0.2, -0.15) is 0 Å². The van der Waals surface area contributed by atoms with Gasteiger partial charge in [-0.15, -0.1) is 0 Å². The van der Waals surface area contributed by atoms with Gasteiger partial charge in [-0.05, 0) is 6.42 Å². The van der Waals surface area contributed by atoms with E-state index in [1.54, 1.807) is 0 Å². The van der Waals surface area contributed by atoms with Crippen LogP contribution in [0, 0.1) is 0 Å². The monoisotopic (exact) mass is 193 g/mol. The van der Waals surface area contributed by atoms with Crippen molar-refractivity contribution in [3.05, 3.63) is 0 Å². The fourth-order valence-electron chi connectivity index (χ4n) is 1.57. The van der Waals surface area contributed by atoms with Crippen molar-refractivity contribution >= 4 is 0 Å². The molecule has 0 amide bonds. The minimum absolute atomic E-state index is 0.150. The molecular formula is C7H15NO5. The molecule has 0 heterocycles. The highest BCUT2D eigenvalue weighted by Crippen LogP contribution is 2.28. The van der Waals surface area contributed by atoms with E-state index >= 15 is 0 Å². The van der Waals surface area contributed by atoms with Gasteiger partial charge in [0.2, 0.25) is 0 Å². The third kappa shape index (κ3) is 1.69. The van der Waals surface area contributed by atoms with Gasteiger partial charge in [-0.1, -0.05) is 0 Å². The van der Waals surface area contributed by atoms with Crippen LogP contribution in [-0.4, -0.2) is 62.1 Å².